The summed E-state index contributed by atoms with van der Waals surface area (Å²) in [6.07, 6.45) is 3.92. The number of rotatable bonds is 7. The van der Waals surface area contributed by atoms with Crippen molar-refractivity contribution in [2.24, 2.45) is 7.05 Å². The largest absolute Gasteiger partial charge is 0.288 e. The maximum atomic E-state index is 13.2. The van der Waals surface area contributed by atoms with Crippen LogP contribution in [0, 0.1) is 6.92 Å². The third-order valence-corrected chi connectivity index (χ3v) is 6.06. The number of carbonyl (C=O) groups excluding carboxylic acids is 1. The second kappa shape index (κ2) is 8.57. The van der Waals surface area contributed by atoms with Crippen LogP contribution in [0.1, 0.15) is 23.2 Å². The Kier molecular flexibility index (Phi) is 5.71. The number of aromatic nitrogens is 3. The predicted molar refractivity (Wildman–Crippen MR) is 118 cm³/mol. The van der Waals surface area contributed by atoms with Crippen LogP contribution < -0.4 is 4.90 Å². The number of nitrogens with zero attached hydrogens (tertiary/aromatic N) is 4. The Morgan fingerprint density at radius 1 is 1.07 bits per heavy atom. The second-order valence-electron chi connectivity index (χ2n) is 7.16. The van der Waals surface area contributed by atoms with Crippen molar-refractivity contribution in [1.29, 1.82) is 0 Å². The van der Waals surface area contributed by atoms with Gasteiger partial charge in [-0.2, -0.15) is 5.10 Å². The minimum absolute atomic E-state index is 0.100. The minimum atomic E-state index is 0.100. The molecule has 2 heterocycles. The van der Waals surface area contributed by atoms with Gasteiger partial charge in [-0.05, 0) is 43.0 Å². The molecule has 148 valence electrons. The van der Waals surface area contributed by atoms with Gasteiger partial charge < -0.3 is 0 Å². The number of hydrogen-bond donors (Lipinski definition) is 0. The van der Waals surface area contributed by atoms with Crippen molar-refractivity contribution >= 4 is 32.6 Å². The van der Waals surface area contributed by atoms with E-state index >= 15 is 0 Å². The highest BCUT2D eigenvalue weighted by atomic mass is 32.1. The molecule has 0 saturated carbocycles. The van der Waals surface area contributed by atoms with E-state index in [9.17, 15) is 4.79 Å². The van der Waals surface area contributed by atoms with Crippen LogP contribution in [0.4, 0.5) is 5.13 Å². The number of hydrogen-bond acceptors (Lipinski definition) is 4. The zero-order valence-corrected chi connectivity index (χ0v) is 17.5. The van der Waals surface area contributed by atoms with Gasteiger partial charge in [0.05, 0.1) is 15.9 Å². The van der Waals surface area contributed by atoms with Crippen molar-refractivity contribution in [1.82, 2.24) is 14.8 Å². The number of thiazole rings is 1. The Bertz CT molecular complexity index is 1080. The van der Waals surface area contributed by atoms with Crippen LogP contribution in [0.3, 0.4) is 0 Å². The normalized spacial score (nSPS) is 11.1. The molecule has 0 fully saturated rings. The van der Waals surface area contributed by atoms with Gasteiger partial charge >= 0.3 is 0 Å². The fraction of sp³-hybridized carbons (Fsp3) is 0.261. The second-order valence-corrected chi connectivity index (χ2v) is 8.17. The molecule has 0 atom stereocenters. The van der Waals surface area contributed by atoms with Gasteiger partial charge in [-0.1, -0.05) is 53.8 Å². The molecular weight excluding hydrogens is 380 g/mol. The van der Waals surface area contributed by atoms with Gasteiger partial charge in [-0.3, -0.25) is 14.4 Å². The van der Waals surface area contributed by atoms with E-state index < -0.39 is 0 Å². The average Bonchev–Trinajstić information content (AvgIpc) is 3.29. The first-order valence-corrected chi connectivity index (χ1v) is 10.6. The van der Waals surface area contributed by atoms with Gasteiger partial charge in [-0.15, -0.1) is 0 Å². The number of carbonyl (C=O) groups is 1. The summed E-state index contributed by atoms with van der Waals surface area (Å²) < 4.78 is 2.90. The van der Waals surface area contributed by atoms with E-state index in [0.717, 1.165) is 33.0 Å². The number of para-hydroxylation sites is 1. The molecule has 0 bridgehead atoms. The zero-order valence-electron chi connectivity index (χ0n) is 16.7. The zero-order chi connectivity index (χ0) is 20.2. The number of aryl methyl sites for hydroxylation is 3. The highest BCUT2D eigenvalue weighted by Crippen LogP contribution is 2.29. The summed E-state index contributed by atoms with van der Waals surface area (Å²) in [5, 5.41) is 5.15. The van der Waals surface area contributed by atoms with Crippen LogP contribution in [0.15, 0.2) is 60.8 Å². The maximum Gasteiger partial charge on any atom is 0.229 e. The molecule has 29 heavy (non-hydrogen) atoms. The Hall–Kier alpha value is -2.99. The van der Waals surface area contributed by atoms with E-state index in [1.165, 1.54) is 5.56 Å². The molecule has 0 aliphatic carbocycles. The van der Waals surface area contributed by atoms with E-state index in [-0.39, 0.29) is 5.91 Å². The van der Waals surface area contributed by atoms with Crippen LogP contribution in [-0.2, 0) is 24.7 Å². The number of benzene rings is 2. The Labute approximate surface area is 174 Å². The monoisotopic (exact) mass is 404 g/mol. The standard InChI is InChI=1S/C23H24N4OS/c1-17-19(16-26(2)25-17)12-13-22(28)27(15-14-18-8-4-3-5-9-18)23-24-20-10-6-7-11-21(20)29-23/h3-11,16H,12-15H2,1-2H3. The lowest BCUT2D eigenvalue weighted by Crippen LogP contribution is -2.33. The van der Waals surface area contributed by atoms with Crippen molar-refractivity contribution < 1.29 is 4.79 Å². The first kappa shape index (κ1) is 19.3. The summed E-state index contributed by atoms with van der Waals surface area (Å²) in [6.45, 7) is 2.61. The minimum Gasteiger partial charge on any atom is -0.288 e. The Morgan fingerprint density at radius 3 is 2.55 bits per heavy atom. The molecule has 0 saturated heterocycles. The molecule has 0 radical (unpaired) electrons. The van der Waals surface area contributed by atoms with Crippen molar-refractivity contribution in [3.05, 3.63) is 77.6 Å². The highest BCUT2D eigenvalue weighted by Gasteiger charge is 2.20. The quantitative estimate of drug-likeness (QED) is 0.454. The van der Waals surface area contributed by atoms with Gasteiger partial charge in [0.2, 0.25) is 5.91 Å². The van der Waals surface area contributed by atoms with Gasteiger partial charge in [0.1, 0.15) is 0 Å². The lowest BCUT2D eigenvalue weighted by Gasteiger charge is -2.20. The molecule has 2 aromatic heterocycles. The molecule has 0 unspecified atom stereocenters. The topological polar surface area (TPSA) is 51.0 Å². The van der Waals surface area contributed by atoms with Crippen molar-refractivity contribution in [3.8, 4) is 0 Å². The molecule has 5 nitrogen and oxygen atoms in total. The van der Waals surface area contributed by atoms with Crippen LogP contribution >= 0.6 is 11.3 Å². The van der Waals surface area contributed by atoms with Gasteiger partial charge in [-0.25, -0.2) is 4.98 Å². The first-order valence-electron chi connectivity index (χ1n) is 9.79. The summed E-state index contributed by atoms with van der Waals surface area (Å²) in [4.78, 5) is 19.8. The Morgan fingerprint density at radius 2 is 1.83 bits per heavy atom. The van der Waals surface area contributed by atoms with Crippen molar-refractivity contribution in [2.45, 2.75) is 26.2 Å². The highest BCUT2D eigenvalue weighted by molar-refractivity contribution is 7.22. The fourth-order valence-corrected chi connectivity index (χ4v) is 4.47. The smallest absolute Gasteiger partial charge is 0.229 e. The van der Waals surface area contributed by atoms with Crippen LogP contribution in [0.25, 0.3) is 10.2 Å². The lowest BCUT2D eigenvalue weighted by molar-refractivity contribution is -0.118. The van der Waals surface area contributed by atoms with Crippen molar-refractivity contribution in [2.75, 3.05) is 11.4 Å². The van der Waals surface area contributed by atoms with E-state index in [2.05, 4.69) is 23.3 Å². The van der Waals surface area contributed by atoms with E-state index in [0.29, 0.717) is 19.4 Å². The SMILES string of the molecule is Cc1nn(C)cc1CCC(=O)N(CCc1ccccc1)c1nc2ccccc2s1. The molecule has 1 amide bonds. The van der Waals surface area contributed by atoms with Gasteiger partial charge in [0.15, 0.2) is 5.13 Å². The summed E-state index contributed by atoms with van der Waals surface area (Å²) in [5.74, 6) is 0.100. The van der Waals surface area contributed by atoms with Gasteiger partial charge in [0.25, 0.3) is 0 Å². The van der Waals surface area contributed by atoms with E-state index in [4.69, 9.17) is 4.98 Å². The van der Waals surface area contributed by atoms with Crippen molar-refractivity contribution in [3.63, 3.8) is 0 Å². The van der Waals surface area contributed by atoms with E-state index in [1.54, 1.807) is 16.0 Å². The summed E-state index contributed by atoms with van der Waals surface area (Å²) in [6, 6.07) is 18.3. The molecule has 4 rings (SSSR count). The van der Waals surface area contributed by atoms with Crippen LogP contribution in [0.2, 0.25) is 0 Å². The third-order valence-electron chi connectivity index (χ3n) is 5.00. The number of anilines is 1. The predicted octanol–water partition coefficient (Wildman–Crippen LogP) is 4.55. The molecule has 6 heteroatoms. The van der Waals surface area contributed by atoms with E-state index in [1.807, 2.05) is 61.5 Å². The fourth-order valence-electron chi connectivity index (χ4n) is 3.46. The molecule has 2 aromatic carbocycles. The first-order chi connectivity index (χ1) is 14.1. The molecular formula is C23H24N4OS. The molecule has 0 N–H and O–H groups in total. The Balaban J connectivity index is 1.54. The number of amides is 1. The summed E-state index contributed by atoms with van der Waals surface area (Å²) >= 11 is 1.58. The van der Waals surface area contributed by atoms with Crippen LogP contribution in [-0.4, -0.2) is 27.2 Å². The summed E-state index contributed by atoms with van der Waals surface area (Å²) in [7, 11) is 1.91. The molecule has 0 spiro atoms. The summed E-state index contributed by atoms with van der Waals surface area (Å²) in [5.41, 5.74) is 4.26. The molecule has 0 aliphatic heterocycles. The number of fused-ring (bicyclic) bond motifs is 1. The molecule has 4 aromatic rings. The van der Waals surface area contributed by atoms with Gasteiger partial charge in [0, 0.05) is 26.2 Å². The maximum absolute atomic E-state index is 13.2. The third kappa shape index (κ3) is 4.54. The lowest BCUT2D eigenvalue weighted by atomic mass is 10.1. The average molecular weight is 405 g/mol. The molecule has 0 aliphatic rings. The van der Waals surface area contributed by atoms with Crippen LogP contribution in [0.5, 0.6) is 0 Å².